The average Bonchev–Trinajstić information content (AvgIpc) is 3.57. The Labute approximate surface area is 175 Å². The molecular formula is C23H25N5O2. The number of benzene rings is 1. The number of furan rings is 1. The van der Waals surface area contributed by atoms with Gasteiger partial charge < -0.3 is 9.73 Å². The van der Waals surface area contributed by atoms with E-state index in [4.69, 9.17) is 4.42 Å². The summed E-state index contributed by atoms with van der Waals surface area (Å²) < 4.78 is 6.95. The van der Waals surface area contributed by atoms with Gasteiger partial charge in [0.1, 0.15) is 11.5 Å². The molecule has 1 N–H and O–H groups in total. The number of nitrogens with one attached hydrogen (secondary N) is 1. The maximum absolute atomic E-state index is 13.4. The summed E-state index contributed by atoms with van der Waals surface area (Å²) in [6.45, 7) is 2.12. The van der Waals surface area contributed by atoms with Crippen LogP contribution in [-0.2, 0) is 4.79 Å². The van der Waals surface area contributed by atoms with Crippen LogP contribution in [0, 0.1) is 17.8 Å². The van der Waals surface area contributed by atoms with Crippen molar-refractivity contribution in [2.45, 2.75) is 38.6 Å². The molecule has 2 heterocycles. The second-order valence-electron chi connectivity index (χ2n) is 8.43. The van der Waals surface area contributed by atoms with Crippen LogP contribution in [0.1, 0.15) is 38.4 Å². The molecular weight excluding hydrogens is 378 g/mol. The SMILES string of the molecule is CC(NC(=O)/C(=C/c1ccco1)n1nnnc1-c1ccccc1)C1CC2CCC1C2. The number of hydrogen-bond donors (Lipinski definition) is 1. The van der Waals surface area contributed by atoms with E-state index in [-0.39, 0.29) is 11.9 Å². The molecule has 1 aromatic carbocycles. The third-order valence-corrected chi connectivity index (χ3v) is 6.58. The summed E-state index contributed by atoms with van der Waals surface area (Å²) in [6, 6.07) is 13.3. The van der Waals surface area contributed by atoms with Gasteiger partial charge in [-0.15, -0.1) is 5.10 Å². The summed E-state index contributed by atoms with van der Waals surface area (Å²) in [4.78, 5) is 13.4. The Bertz CT molecular complexity index is 1040. The molecule has 2 aliphatic rings. The standard InChI is InChI=1S/C23H25N5O2/c1-15(20-13-16-9-10-18(20)12-16)24-23(29)21(14-19-8-5-11-30-19)28-22(25-26-27-28)17-6-3-2-4-7-17/h2-8,11,14-16,18,20H,9-10,12-13H2,1H3,(H,24,29)/b21-14-. The number of tetrazole rings is 1. The second-order valence-corrected chi connectivity index (χ2v) is 8.43. The van der Waals surface area contributed by atoms with E-state index in [0.717, 1.165) is 17.4 Å². The van der Waals surface area contributed by atoms with Gasteiger partial charge in [-0.05, 0) is 66.5 Å². The zero-order valence-electron chi connectivity index (χ0n) is 16.9. The number of carbonyl (C=O) groups is 1. The topological polar surface area (TPSA) is 85.8 Å². The van der Waals surface area contributed by atoms with Crippen LogP contribution in [0.25, 0.3) is 23.2 Å². The minimum Gasteiger partial charge on any atom is -0.465 e. The summed E-state index contributed by atoms with van der Waals surface area (Å²) >= 11 is 0. The predicted octanol–water partition coefficient (Wildman–Crippen LogP) is 3.87. The van der Waals surface area contributed by atoms with Crippen molar-refractivity contribution in [2.75, 3.05) is 0 Å². The summed E-state index contributed by atoms with van der Waals surface area (Å²) in [5.41, 5.74) is 1.17. The first kappa shape index (κ1) is 18.8. The smallest absolute Gasteiger partial charge is 0.270 e. The molecule has 0 radical (unpaired) electrons. The Morgan fingerprint density at radius 2 is 2.07 bits per heavy atom. The molecule has 1 amide bonds. The van der Waals surface area contributed by atoms with Crippen LogP contribution in [0.3, 0.4) is 0 Å². The van der Waals surface area contributed by atoms with Crippen molar-refractivity contribution in [3.05, 3.63) is 54.5 Å². The van der Waals surface area contributed by atoms with E-state index in [0.29, 0.717) is 23.2 Å². The van der Waals surface area contributed by atoms with Gasteiger partial charge in [-0.3, -0.25) is 4.79 Å². The quantitative estimate of drug-likeness (QED) is 0.632. The molecule has 2 aliphatic carbocycles. The van der Waals surface area contributed by atoms with Crippen molar-refractivity contribution in [3.8, 4) is 11.4 Å². The highest BCUT2D eigenvalue weighted by Gasteiger charge is 2.42. The lowest BCUT2D eigenvalue weighted by molar-refractivity contribution is -0.117. The molecule has 7 nitrogen and oxygen atoms in total. The Kier molecular flexibility index (Phi) is 4.94. The van der Waals surface area contributed by atoms with Crippen molar-refractivity contribution < 1.29 is 9.21 Å². The van der Waals surface area contributed by atoms with Crippen LogP contribution < -0.4 is 5.32 Å². The Morgan fingerprint density at radius 1 is 1.20 bits per heavy atom. The Hall–Kier alpha value is -3.22. The van der Waals surface area contributed by atoms with Crippen molar-refractivity contribution in [1.29, 1.82) is 0 Å². The molecule has 4 atom stereocenters. The number of nitrogens with zero attached hydrogens (tertiary/aromatic N) is 4. The largest absolute Gasteiger partial charge is 0.465 e. The molecule has 154 valence electrons. The molecule has 4 unspecified atom stereocenters. The third kappa shape index (κ3) is 3.56. The predicted molar refractivity (Wildman–Crippen MR) is 113 cm³/mol. The Balaban J connectivity index is 1.45. The van der Waals surface area contributed by atoms with Crippen LogP contribution in [0.15, 0.2) is 53.1 Å². The molecule has 2 bridgehead atoms. The maximum atomic E-state index is 13.4. The summed E-state index contributed by atoms with van der Waals surface area (Å²) in [7, 11) is 0. The van der Waals surface area contributed by atoms with Gasteiger partial charge in [0.05, 0.1) is 6.26 Å². The van der Waals surface area contributed by atoms with Crippen molar-refractivity contribution in [3.63, 3.8) is 0 Å². The molecule has 0 aliphatic heterocycles. The van der Waals surface area contributed by atoms with E-state index in [1.807, 2.05) is 30.3 Å². The zero-order chi connectivity index (χ0) is 20.5. The van der Waals surface area contributed by atoms with E-state index in [1.165, 1.54) is 30.4 Å². The summed E-state index contributed by atoms with van der Waals surface area (Å²) in [6.07, 6.45) is 8.42. The van der Waals surface area contributed by atoms with Crippen molar-refractivity contribution in [1.82, 2.24) is 25.5 Å². The first-order valence-corrected chi connectivity index (χ1v) is 10.6. The van der Waals surface area contributed by atoms with E-state index in [1.54, 1.807) is 24.5 Å². The van der Waals surface area contributed by atoms with Crippen molar-refractivity contribution in [2.24, 2.45) is 17.8 Å². The van der Waals surface area contributed by atoms with Gasteiger partial charge in [-0.25, -0.2) is 0 Å². The van der Waals surface area contributed by atoms with Crippen molar-refractivity contribution >= 4 is 17.7 Å². The molecule has 2 aromatic heterocycles. The van der Waals surface area contributed by atoms with Gasteiger partial charge in [-0.1, -0.05) is 36.8 Å². The molecule has 2 saturated carbocycles. The highest BCUT2D eigenvalue weighted by Crippen LogP contribution is 2.49. The number of fused-ring (bicyclic) bond motifs is 2. The minimum atomic E-state index is -0.203. The highest BCUT2D eigenvalue weighted by atomic mass is 16.3. The molecule has 30 heavy (non-hydrogen) atoms. The number of carbonyl (C=O) groups excluding carboxylic acids is 1. The highest BCUT2D eigenvalue weighted by molar-refractivity contribution is 6.18. The first-order chi connectivity index (χ1) is 14.7. The normalized spacial score (nSPS) is 24.2. The van der Waals surface area contributed by atoms with E-state index in [9.17, 15) is 4.79 Å². The van der Waals surface area contributed by atoms with E-state index >= 15 is 0 Å². The fourth-order valence-corrected chi connectivity index (χ4v) is 5.14. The number of rotatable bonds is 6. The van der Waals surface area contributed by atoms with Gasteiger partial charge in [0.15, 0.2) is 5.82 Å². The monoisotopic (exact) mass is 403 g/mol. The van der Waals surface area contributed by atoms with Gasteiger partial charge in [0.2, 0.25) is 0 Å². The fourth-order valence-electron chi connectivity index (χ4n) is 5.14. The number of amides is 1. The van der Waals surface area contributed by atoms with Gasteiger partial charge in [0, 0.05) is 17.7 Å². The number of aromatic nitrogens is 4. The second kappa shape index (κ2) is 7.89. The fraction of sp³-hybridized carbons (Fsp3) is 0.391. The van der Waals surface area contributed by atoms with Crippen LogP contribution in [0.2, 0.25) is 0 Å². The minimum absolute atomic E-state index is 0.101. The molecule has 0 spiro atoms. The van der Waals surface area contributed by atoms with E-state index in [2.05, 4.69) is 27.8 Å². The maximum Gasteiger partial charge on any atom is 0.270 e. The lowest BCUT2D eigenvalue weighted by Gasteiger charge is -2.28. The van der Waals surface area contributed by atoms with Crippen LogP contribution in [0.5, 0.6) is 0 Å². The lowest BCUT2D eigenvalue weighted by Crippen LogP contribution is -2.41. The lowest BCUT2D eigenvalue weighted by atomic mass is 9.84. The summed E-state index contributed by atoms with van der Waals surface area (Å²) in [5, 5.41) is 15.3. The average molecular weight is 403 g/mol. The zero-order valence-corrected chi connectivity index (χ0v) is 16.9. The first-order valence-electron chi connectivity index (χ1n) is 10.6. The van der Waals surface area contributed by atoms with Crippen LogP contribution in [-0.4, -0.2) is 32.2 Å². The van der Waals surface area contributed by atoms with Crippen LogP contribution in [0.4, 0.5) is 0 Å². The molecule has 7 heteroatoms. The van der Waals surface area contributed by atoms with Gasteiger partial charge in [0.25, 0.3) is 5.91 Å². The van der Waals surface area contributed by atoms with Gasteiger partial charge in [-0.2, -0.15) is 4.68 Å². The molecule has 3 aromatic rings. The van der Waals surface area contributed by atoms with Crippen LogP contribution >= 0.6 is 0 Å². The Morgan fingerprint density at radius 3 is 2.77 bits per heavy atom. The molecule has 5 rings (SSSR count). The molecule has 0 saturated heterocycles. The number of hydrogen-bond acceptors (Lipinski definition) is 5. The third-order valence-electron chi connectivity index (χ3n) is 6.58. The van der Waals surface area contributed by atoms with Gasteiger partial charge >= 0.3 is 0 Å². The van der Waals surface area contributed by atoms with E-state index < -0.39 is 0 Å². The summed E-state index contributed by atoms with van der Waals surface area (Å²) in [5.74, 6) is 2.99. The molecule has 2 fully saturated rings.